The highest BCUT2D eigenvalue weighted by Gasteiger charge is 1.96. The maximum atomic E-state index is 5.12. The molecule has 0 aliphatic heterocycles. The van der Waals surface area contributed by atoms with E-state index in [-0.39, 0.29) is 0 Å². The molecular weight excluding hydrogens is 214 g/mol. The van der Waals surface area contributed by atoms with Gasteiger partial charge in [-0.1, -0.05) is 12.1 Å². The van der Waals surface area contributed by atoms with Crippen molar-refractivity contribution in [2.75, 3.05) is 13.7 Å². The lowest BCUT2D eigenvalue weighted by Crippen LogP contribution is -2.16. The fourth-order valence-electron chi connectivity index (χ4n) is 1.63. The van der Waals surface area contributed by atoms with Crippen molar-refractivity contribution in [1.29, 1.82) is 0 Å². The van der Waals surface area contributed by atoms with Crippen molar-refractivity contribution in [3.8, 4) is 5.75 Å². The number of nitrogens with one attached hydrogen (secondary N) is 2. The summed E-state index contributed by atoms with van der Waals surface area (Å²) < 4.78 is 5.12. The third kappa shape index (κ3) is 3.60. The van der Waals surface area contributed by atoms with Crippen LogP contribution in [0.25, 0.3) is 0 Å². The van der Waals surface area contributed by atoms with Crippen LogP contribution in [0.15, 0.2) is 36.5 Å². The van der Waals surface area contributed by atoms with Gasteiger partial charge in [0.1, 0.15) is 5.75 Å². The molecule has 17 heavy (non-hydrogen) atoms. The summed E-state index contributed by atoms with van der Waals surface area (Å²) in [5.41, 5.74) is 2.42. The summed E-state index contributed by atoms with van der Waals surface area (Å²) in [6.07, 6.45) is 2.78. The Labute approximate surface area is 101 Å². The molecule has 1 aromatic heterocycles. The van der Waals surface area contributed by atoms with Crippen molar-refractivity contribution >= 4 is 0 Å². The second-order valence-corrected chi connectivity index (χ2v) is 3.86. The largest absolute Gasteiger partial charge is 0.497 e. The van der Waals surface area contributed by atoms with Crippen LogP contribution in [0.1, 0.15) is 11.3 Å². The molecule has 90 valence electrons. The number of rotatable bonds is 6. The molecule has 0 aliphatic rings. The summed E-state index contributed by atoms with van der Waals surface area (Å²) in [6.45, 7) is 1.78. The van der Waals surface area contributed by atoms with Crippen LogP contribution in [0, 0.1) is 0 Å². The van der Waals surface area contributed by atoms with Crippen molar-refractivity contribution in [2.45, 2.75) is 13.0 Å². The molecule has 2 aromatic rings. The molecule has 0 radical (unpaired) electrons. The normalized spacial score (nSPS) is 10.4. The smallest absolute Gasteiger partial charge is 0.118 e. The minimum Gasteiger partial charge on any atom is -0.497 e. The number of aromatic nitrogens is 2. The molecule has 0 spiro atoms. The lowest BCUT2D eigenvalue weighted by molar-refractivity contribution is 0.414. The molecule has 2 N–H and O–H groups in total. The van der Waals surface area contributed by atoms with Crippen LogP contribution in [0.5, 0.6) is 5.75 Å². The van der Waals surface area contributed by atoms with E-state index in [1.54, 1.807) is 13.3 Å². The Bertz CT molecular complexity index is 422. The molecular formula is C13H17N3O. The number of hydrogen-bond acceptors (Lipinski definition) is 3. The van der Waals surface area contributed by atoms with E-state index < -0.39 is 0 Å². The highest BCUT2D eigenvalue weighted by atomic mass is 16.5. The average molecular weight is 231 g/mol. The lowest BCUT2D eigenvalue weighted by atomic mass is 10.1. The van der Waals surface area contributed by atoms with Gasteiger partial charge in [0, 0.05) is 18.4 Å². The topological polar surface area (TPSA) is 49.9 Å². The highest BCUT2D eigenvalue weighted by molar-refractivity contribution is 5.27. The molecule has 0 atom stereocenters. The van der Waals surface area contributed by atoms with Crippen molar-refractivity contribution in [3.05, 3.63) is 47.8 Å². The van der Waals surface area contributed by atoms with Crippen LogP contribution in [0.2, 0.25) is 0 Å². The summed E-state index contributed by atoms with van der Waals surface area (Å²) in [7, 11) is 1.68. The standard InChI is InChI=1S/C13H17N3O/c1-17-13-4-2-11(3-5-13)6-8-14-10-12-7-9-15-16-12/h2-5,7,9,14H,6,8,10H2,1H3,(H,15,16). The first-order valence-electron chi connectivity index (χ1n) is 5.70. The number of methoxy groups -OCH3 is 1. The maximum Gasteiger partial charge on any atom is 0.118 e. The number of ether oxygens (including phenoxy) is 1. The average Bonchev–Trinajstić information content (AvgIpc) is 2.88. The van der Waals surface area contributed by atoms with Gasteiger partial charge in [-0.3, -0.25) is 5.10 Å². The van der Waals surface area contributed by atoms with Gasteiger partial charge in [0.25, 0.3) is 0 Å². The molecule has 2 rings (SSSR count). The van der Waals surface area contributed by atoms with Crippen molar-refractivity contribution in [1.82, 2.24) is 15.5 Å². The molecule has 0 fully saturated rings. The van der Waals surface area contributed by atoms with Gasteiger partial charge in [0.2, 0.25) is 0 Å². The summed E-state index contributed by atoms with van der Waals surface area (Å²) in [5, 5.41) is 10.2. The number of benzene rings is 1. The Morgan fingerprint density at radius 3 is 2.71 bits per heavy atom. The summed E-state index contributed by atoms with van der Waals surface area (Å²) in [6, 6.07) is 10.1. The zero-order chi connectivity index (χ0) is 11.9. The molecule has 0 unspecified atom stereocenters. The Kier molecular flexibility index (Phi) is 4.16. The summed E-state index contributed by atoms with van der Waals surface area (Å²) >= 11 is 0. The lowest BCUT2D eigenvalue weighted by Gasteiger charge is -2.04. The number of hydrogen-bond donors (Lipinski definition) is 2. The van der Waals surface area contributed by atoms with Gasteiger partial charge in [-0.2, -0.15) is 5.10 Å². The van der Waals surface area contributed by atoms with E-state index in [2.05, 4.69) is 27.6 Å². The van der Waals surface area contributed by atoms with E-state index >= 15 is 0 Å². The van der Waals surface area contributed by atoms with Gasteiger partial charge >= 0.3 is 0 Å². The monoisotopic (exact) mass is 231 g/mol. The molecule has 1 aromatic carbocycles. The molecule has 0 bridgehead atoms. The fraction of sp³-hybridized carbons (Fsp3) is 0.308. The first-order valence-corrected chi connectivity index (χ1v) is 5.70. The Morgan fingerprint density at radius 1 is 1.24 bits per heavy atom. The molecule has 0 saturated carbocycles. The summed E-state index contributed by atoms with van der Waals surface area (Å²) in [5.74, 6) is 0.902. The first-order chi connectivity index (χ1) is 8.38. The van der Waals surface area contributed by atoms with Crippen LogP contribution >= 0.6 is 0 Å². The van der Waals surface area contributed by atoms with E-state index in [1.807, 2.05) is 18.2 Å². The van der Waals surface area contributed by atoms with E-state index in [0.29, 0.717) is 0 Å². The number of H-pyrrole nitrogens is 1. The quantitative estimate of drug-likeness (QED) is 0.745. The maximum absolute atomic E-state index is 5.12. The van der Waals surface area contributed by atoms with Gasteiger partial charge in [-0.25, -0.2) is 0 Å². The van der Waals surface area contributed by atoms with Crippen LogP contribution in [0.4, 0.5) is 0 Å². The number of nitrogens with zero attached hydrogens (tertiary/aromatic N) is 1. The van der Waals surface area contributed by atoms with Crippen LogP contribution in [-0.4, -0.2) is 23.9 Å². The molecule has 4 nitrogen and oxygen atoms in total. The zero-order valence-corrected chi connectivity index (χ0v) is 9.94. The van der Waals surface area contributed by atoms with Gasteiger partial charge in [-0.15, -0.1) is 0 Å². The first kappa shape index (κ1) is 11.7. The minimum absolute atomic E-state index is 0.830. The number of aromatic amines is 1. The Hall–Kier alpha value is -1.81. The second kappa shape index (κ2) is 6.06. The Morgan fingerprint density at radius 2 is 2.06 bits per heavy atom. The predicted molar refractivity (Wildman–Crippen MR) is 67.0 cm³/mol. The minimum atomic E-state index is 0.830. The van der Waals surface area contributed by atoms with Crippen LogP contribution in [-0.2, 0) is 13.0 Å². The van der Waals surface area contributed by atoms with E-state index in [9.17, 15) is 0 Å². The molecule has 0 saturated heterocycles. The third-order valence-corrected chi connectivity index (χ3v) is 2.62. The van der Waals surface area contributed by atoms with Gasteiger partial charge in [-0.05, 0) is 36.7 Å². The highest BCUT2D eigenvalue weighted by Crippen LogP contribution is 2.11. The van der Waals surface area contributed by atoms with E-state index in [1.165, 1.54) is 5.56 Å². The molecule has 0 amide bonds. The van der Waals surface area contributed by atoms with Crippen LogP contribution < -0.4 is 10.1 Å². The van der Waals surface area contributed by atoms with Gasteiger partial charge in [0.15, 0.2) is 0 Å². The third-order valence-electron chi connectivity index (χ3n) is 2.62. The second-order valence-electron chi connectivity index (χ2n) is 3.86. The fourth-order valence-corrected chi connectivity index (χ4v) is 1.63. The van der Waals surface area contributed by atoms with Crippen molar-refractivity contribution < 1.29 is 4.74 Å². The molecule has 0 aliphatic carbocycles. The van der Waals surface area contributed by atoms with Crippen molar-refractivity contribution in [3.63, 3.8) is 0 Å². The Balaban J connectivity index is 1.70. The SMILES string of the molecule is COc1ccc(CCNCc2ccn[nH]2)cc1. The molecule has 4 heteroatoms. The predicted octanol–water partition coefficient (Wildman–Crippen LogP) is 1.75. The van der Waals surface area contributed by atoms with Crippen LogP contribution in [0.3, 0.4) is 0 Å². The zero-order valence-electron chi connectivity index (χ0n) is 9.94. The van der Waals surface area contributed by atoms with E-state index in [0.717, 1.165) is 31.0 Å². The van der Waals surface area contributed by atoms with E-state index in [4.69, 9.17) is 4.74 Å². The molecule has 1 heterocycles. The van der Waals surface area contributed by atoms with Gasteiger partial charge in [0.05, 0.1) is 7.11 Å². The van der Waals surface area contributed by atoms with Crippen molar-refractivity contribution in [2.24, 2.45) is 0 Å². The van der Waals surface area contributed by atoms with Gasteiger partial charge < -0.3 is 10.1 Å². The summed E-state index contributed by atoms with van der Waals surface area (Å²) in [4.78, 5) is 0.